The number of rotatable bonds is 4. The molecule has 0 N–H and O–H groups in total. The third kappa shape index (κ3) is 3.45. The fraction of sp³-hybridized carbons (Fsp3) is 0.400. The van der Waals surface area contributed by atoms with Gasteiger partial charge in [0.25, 0.3) is 0 Å². The van der Waals surface area contributed by atoms with Crippen molar-refractivity contribution in [2.75, 3.05) is 21.0 Å². The number of aryl methyl sites for hydroxylation is 2. The van der Waals surface area contributed by atoms with Crippen LogP contribution in [0.2, 0.25) is 0 Å². The van der Waals surface area contributed by atoms with E-state index in [-0.39, 0.29) is 5.63 Å². The van der Waals surface area contributed by atoms with Gasteiger partial charge in [-0.1, -0.05) is 6.07 Å². The Balaban J connectivity index is 1.49. The third-order valence-corrected chi connectivity index (χ3v) is 6.41. The Morgan fingerprint density at radius 1 is 1.03 bits per heavy atom. The maximum atomic E-state index is 12.5. The normalized spacial score (nSPS) is 15.8. The van der Waals surface area contributed by atoms with Crippen molar-refractivity contribution in [3.05, 3.63) is 62.5 Å². The SMILES string of the molecule is COc1ccc(CN2COc3c(cc4c5c(c(=O)oc4c3C)CCCC5)C2)cc1OC. The van der Waals surface area contributed by atoms with Crippen LogP contribution in [-0.2, 0) is 25.9 Å². The van der Waals surface area contributed by atoms with E-state index in [0.717, 1.165) is 83.7 Å². The molecular formula is C25H27NO5. The second-order valence-electron chi connectivity index (χ2n) is 8.37. The summed E-state index contributed by atoms with van der Waals surface area (Å²) in [5.41, 5.74) is 5.71. The van der Waals surface area contributed by atoms with E-state index in [0.29, 0.717) is 12.3 Å². The molecule has 2 heterocycles. The molecule has 0 spiro atoms. The lowest BCUT2D eigenvalue weighted by atomic mass is 9.89. The molecule has 162 valence electrons. The number of hydrogen-bond acceptors (Lipinski definition) is 6. The second kappa shape index (κ2) is 7.93. The topological polar surface area (TPSA) is 61.1 Å². The van der Waals surface area contributed by atoms with Gasteiger partial charge in [-0.05, 0) is 61.9 Å². The van der Waals surface area contributed by atoms with Gasteiger partial charge in [0.2, 0.25) is 0 Å². The smallest absolute Gasteiger partial charge is 0.339 e. The molecule has 2 aliphatic rings. The molecule has 1 aliphatic carbocycles. The summed E-state index contributed by atoms with van der Waals surface area (Å²) in [6.07, 6.45) is 3.91. The van der Waals surface area contributed by atoms with Crippen LogP contribution in [0.15, 0.2) is 33.5 Å². The van der Waals surface area contributed by atoms with Crippen molar-refractivity contribution in [3.8, 4) is 17.2 Å². The van der Waals surface area contributed by atoms with Crippen LogP contribution in [0.4, 0.5) is 0 Å². The minimum Gasteiger partial charge on any atom is -0.493 e. The van der Waals surface area contributed by atoms with E-state index in [9.17, 15) is 4.79 Å². The minimum absolute atomic E-state index is 0.184. The molecule has 0 unspecified atom stereocenters. The van der Waals surface area contributed by atoms with Crippen molar-refractivity contribution in [1.82, 2.24) is 4.90 Å². The van der Waals surface area contributed by atoms with Gasteiger partial charge in [0, 0.05) is 35.2 Å². The van der Waals surface area contributed by atoms with E-state index in [1.54, 1.807) is 14.2 Å². The Morgan fingerprint density at radius 3 is 2.58 bits per heavy atom. The average molecular weight is 421 g/mol. The number of nitrogens with zero attached hydrogens (tertiary/aromatic N) is 1. The van der Waals surface area contributed by atoms with E-state index < -0.39 is 0 Å². The average Bonchev–Trinajstić information content (AvgIpc) is 2.80. The first-order chi connectivity index (χ1) is 15.1. The van der Waals surface area contributed by atoms with E-state index in [4.69, 9.17) is 18.6 Å². The summed E-state index contributed by atoms with van der Waals surface area (Å²) in [4.78, 5) is 14.8. The molecule has 2 aromatic carbocycles. The number of ether oxygens (including phenoxy) is 3. The van der Waals surface area contributed by atoms with Gasteiger partial charge < -0.3 is 18.6 Å². The molecule has 5 rings (SSSR count). The highest BCUT2D eigenvalue weighted by Gasteiger charge is 2.25. The predicted molar refractivity (Wildman–Crippen MR) is 118 cm³/mol. The van der Waals surface area contributed by atoms with Crippen molar-refractivity contribution >= 4 is 11.0 Å². The number of hydrogen-bond donors (Lipinski definition) is 0. The minimum atomic E-state index is -0.184. The van der Waals surface area contributed by atoms with Gasteiger partial charge in [-0.25, -0.2) is 4.79 Å². The van der Waals surface area contributed by atoms with Crippen LogP contribution in [0.5, 0.6) is 17.2 Å². The molecule has 0 saturated heterocycles. The zero-order valence-electron chi connectivity index (χ0n) is 18.2. The summed E-state index contributed by atoms with van der Waals surface area (Å²) < 4.78 is 22.7. The van der Waals surface area contributed by atoms with Crippen LogP contribution in [0.1, 0.15) is 40.7 Å². The Morgan fingerprint density at radius 2 is 1.81 bits per heavy atom. The first-order valence-corrected chi connectivity index (χ1v) is 10.8. The first-order valence-electron chi connectivity index (χ1n) is 10.8. The molecule has 6 heteroatoms. The molecule has 0 fully saturated rings. The van der Waals surface area contributed by atoms with E-state index in [1.807, 2.05) is 25.1 Å². The van der Waals surface area contributed by atoms with Crippen molar-refractivity contribution in [2.24, 2.45) is 0 Å². The van der Waals surface area contributed by atoms with Gasteiger partial charge in [-0.2, -0.15) is 0 Å². The summed E-state index contributed by atoms with van der Waals surface area (Å²) in [7, 11) is 3.29. The standard InChI is InChI=1S/C25H27NO5/c1-15-23-17(11-20-18-6-4-5-7-19(18)25(27)31-24(15)20)13-26(14-30-23)12-16-8-9-21(28-2)22(10-16)29-3/h8-11H,4-7,12-14H2,1-3H3. The fourth-order valence-corrected chi connectivity index (χ4v) is 4.89. The molecule has 1 aromatic heterocycles. The van der Waals surface area contributed by atoms with E-state index in [1.165, 1.54) is 5.56 Å². The molecule has 3 aromatic rings. The summed E-state index contributed by atoms with van der Waals surface area (Å²) in [6.45, 7) is 3.97. The first kappa shape index (κ1) is 19.9. The van der Waals surface area contributed by atoms with Gasteiger partial charge in [0.15, 0.2) is 11.5 Å². The number of methoxy groups -OCH3 is 2. The van der Waals surface area contributed by atoms with E-state index in [2.05, 4.69) is 11.0 Å². The van der Waals surface area contributed by atoms with E-state index >= 15 is 0 Å². The summed E-state index contributed by atoms with van der Waals surface area (Å²) in [6, 6.07) is 8.16. The van der Waals surface area contributed by atoms with Crippen LogP contribution in [0.25, 0.3) is 11.0 Å². The molecule has 0 atom stereocenters. The zero-order chi connectivity index (χ0) is 21.5. The van der Waals surface area contributed by atoms with Gasteiger partial charge in [-0.3, -0.25) is 4.90 Å². The quantitative estimate of drug-likeness (QED) is 0.584. The Labute approximate surface area is 181 Å². The van der Waals surface area contributed by atoms with Gasteiger partial charge in [-0.15, -0.1) is 0 Å². The Kier molecular flexibility index (Phi) is 5.10. The monoisotopic (exact) mass is 421 g/mol. The molecule has 1 aliphatic heterocycles. The second-order valence-corrected chi connectivity index (χ2v) is 8.37. The van der Waals surface area contributed by atoms with Crippen molar-refractivity contribution < 1.29 is 18.6 Å². The van der Waals surface area contributed by atoms with Gasteiger partial charge >= 0.3 is 5.63 Å². The van der Waals surface area contributed by atoms with Crippen LogP contribution in [0.3, 0.4) is 0 Å². The predicted octanol–water partition coefficient (Wildman–Crippen LogP) is 4.35. The van der Waals surface area contributed by atoms with Crippen LogP contribution in [0, 0.1) is 6.92 Å². The van der Waals surface area contributed by atoms with Crippen molar-refractivity contribution in [2.45, 2.75) is 45.7 Å². The molecule has 0 bridgehead atoms. The van der Waals surface area contributed by atoms with Gasteiger partial charge in [0.1, 0.15) is 18.1 Å². The lowest BCUT2D eigenvalue weighted by Crippen LogP contribution is -2.32. The van der Waals surface area contributed by atoms with Crippen LogP contribution >= 0.6 is 0 Å². The summed E-state index contributed by atoms with van der Waals surface area (Å²) >= 11 is 0. The summed E-state index contributed by atoms with van der Waals surface area (Å²) in [5, 5.41) is 1.07. The zero-order valence-corrected chi connectivity index (χ0v) is 18.2. The highest BCUT2D eigenvalue weighted by atomic mass is 16.5. The van der Waals surface area contributed by atoms with Crippen LogP contribution < -0.4 is 19.8 Å². The third-order valence-electron chi connectivity index (χ3n) is 6.41. The maximum absolute atomic E-state index is 12.5. The van der Waals surface area contributed by atoms with Gasteiger partial charge in [0.05, 0.1) is 14.2 Å². The lowest BCUT2D eigenvalue weighted by Gasteiger charge is -2.31. The highest BCUT2D eigenvalue weighted by Crippen LogP contribution is 2.38. The molecule has 6 nitrogen and oxygen atoms in total. The van der Waals surface area contributed by atoms with Crippen molar-refractivity contribution in [3.63, 3.8) is 0 Å². The maximum Gasteiger partial charge on any atom is 0.339 e. The molecule has 0 saturated carbocycles. The Bertz CT molecular complexity index is 1210. The Hall–Kier alpha value is -2.99. The van der Waals surface area contributed by atoms with Crippen LogP contribution in [-0.4, -0.2) is 25.9 Å². The van der Waals surface area contributed by atoms with Crippen molar-refractivity contribution in [1.29, 1.82) is 0 Å². The lowest BCUT2D eigenvalue weighted by molar-refractivity contribution is 0.0880. The molecule has 0 radical (unpaired) electrons. The molecule has 0 amide bonds. The molecule has 31 heavy (non-hydrogen) atoms. The largest absolute Gasteiger partial charge is 0.493 e. The fourth-order valence-electron chi connectivity index (χ4n) is 4.89. The highest BCUT2D eigenvalue weighted by molar-refractivity contribution is 5.87. The number of benzene rings is 2. The number of fused-ring (bicyclic) bond motifs is 4. The molecular weight excluding hydrogens is 394 g/mol. The summed E-state index contributed by atoms with van der Waals surface area (Å²) in [5.74, 6) is 2.29.